The molecule has 0 spiro atoms. The second kappa shape index (κ2) is 5.96. The zero-order valence-electron chi connectivity index (χ0n) is 13.0. The van der Waals surface area contributed by atoms with Crippen LogP contribution < -0.4 is 4.90 Å². The van der Waals surface area contributed by atoms with Crippen LogP contribution in [-0.2, 0) is 19.4 Å². The van der Waals surface area contributed by atoms with Crippen molar-refractivity contribution in [3.63, 3.8) is 0 Å². The highest BCUT2D eigenvalue weighted by Gasteiger charge is 2.38. The summed E-state index contributed by atoms with van der Waals surface area (Å²) in [5.41, 5.74) is 1.09. The number of hydrogen-bond donors (Lipinski definition) is 1. The summed E-state index contributed by atoms with van der Waals surface area (Å²) in [6.45, 7) is 5.73. The molecule has 3 rings (SSSR count). The monoisotopic (exact) mass is 303 g/mol. The van der Waals surface area contributed by atoms with Gasteiger partial charge in [-0.3, -0.25) is 0 Å². The van der Waals surface area contributed by atoms with Gasteiger partial charge >= 0.3 is 0 Å². The number of aliphatic hydroxyl groups is 1. The molecule has 0 amide bonds. The van der Waals surface area contributed by atoms with Gasteiger partial charge in [-0.25, -0.2) is 9.67 Å². The van der Waals surface area contributed by atoms with E-state index in [0.29, 0.717) is 32.0 Å². The Hall–Kier alpha value is -2.09. The molecule has 2 aromatic heterocycles. The molecular weight excluding hydrogens is 282 g/mol. The Morgan fingerprint density at radius 3 is 2.73 bits per heavy atom. The first-order chi connectivity index (χ1) is 10.6. The second-order valence-corrected chi connectivity index (χ2v) is 5.71. The molecule has 2 aromatic rings. The number of anilines is 1. The highest BCUT2D eigenvalue weighted by molar-refractivity contribution is 5.33. The zero-order valence-corrected chi connectivity index (χ0v) is 13.0. The van der Waals surface area contributed by atoms with Gasteiger partial charge in [-0.15, -0.1) is 10.2 Å². The number of rotatable bonds is 5. The number of nitrogens with zero attached hydrogens (tertiary/aromatic N) is 7. The van der Waals surface area contributed by atoms with Gasteiger partial charge in [-0.05, 0) is 19.3 Å². The molecule has 1 saturated heterocycles. The third-order valence-electron chi connectivity index (χ3n) is 4.04. The molecule has 22 heavy (non-hydrogen) atoms. The Labute approximate surface area is 129 Å². The molecule has 1 unspecified atom stereocenters. The maximum absolute atomic E-state index is 10.7. The summed E-state index contributed by atoms with van der Waals surface area (Å²) in [5.74, 6) is 0.601. The van der Waals surface area contributed by atoms with E-state index in [-0.39, 0.29) is 0 Å². The van der Waals surface area contributed by atoms with E-state index in [1.165, 1.54) is 0 Å². The highest BCUT2D eigenvalue weighted by Crippen LogP contribution is 2.26. The molecule has 1 aliphatic rings. The van der Waals surface area contributed by atoms with Crippen molar-refractivity contribution in [2.45, 2.75) is 45.3 Å². The Balaban J connectivity index is 1.74. The normalized spacial score (nSPS) is 21.5. The first-order valence-corrected chi connectivity index (χ1v) is 7.67. The minimum atomic E-state index is -0.840. The zero-order chi connectivity index (χ0) is 15.6. The Kier molecular flexibility index (Phi) is 4.02. The van der Waals surface area contributed by atoms with Crippen LogP contribution in [0.4, 0.5) is 5.95 Å². The van der Waals surface area contributed by atoms with Crippen LogP contribution in [0.3, 0.4) is 0 Å². The first kappa shape index (κ1) is 14.8. The van der Waals surface area contributed by atoms with Crippen molar-refractivity contribution in [2.24, 2.45) is 0 Å². The number of β-amino-alcohol motifs (C(OH)–C–C–N with tert-alkyl or cyclic N) is 1. The fourth-order valence-corrected chi connectivity index (χ4v) is 2.84. The quantitative estimate of drug-likeness (QED) is 0.845. The van der Waals surface area contributed by atoms with E-state index in [0.717, 1.165) is 24.2 Å². The number of hydrogen-bond acceptors (Lipinski definition) is 7. The van der Waals surface area contributed by atoms with Crippen molar-refractivity contribution in [3.8, 4) is 0 Å². The third kappa shape index (κ3) is 2.92. The lowest BCUT2D eigenvalue weighted by atomic mass is 10.0. The first-order valence-electron chi connectivity index (χ1n) is 7.67. The maximum Gasteiger partial charge on any atom is 0.245 e. The van der Waals surface area contributed by atoms with E-state index in [2.05, 4.69) is 39.3 Å². The van der Waals surface area contributed by atoms with E-state index in [1.54, 1.807) is 17.1 Å². The smallest absolute Gasteiger partial charge is 0.245 e. The van der Waals surface area contributed by atoms with Crippen LogP contribution in [0, 0.1) is 0 Å². The molecule has 0 saturated carbocycles. The lowest BCUT2D eigenvalue weighted by molar-refractivity contribution is 0.0408. The standard InChI is InChI=1S/C14H21N7O/c1-3-11-12(4-2)17-18-13(16-11)20-7-5-14(22,9-20)10-21-8-6-15-19-21/h6,8,22H,3-5,7,9-10H2,1-2H3. The third-order valence-corrected chi connectivity index (χ3v) is 4.04. The molecule has 0 aliphatic carbocycles. The van der Waals surface area contributed by atoms with Crippen molar-refractivity contribution in [3.05, 3.63) is 23.8 Å². The lowest BCUT2D eigenvalue weighted by Gasteiger charge is -2.23. The van der Waals surface area contributed by atoms with Crippen LogP contribution in [0.5, 0.6) is 0 Å². The van der Waals surface area contributed by atoms with E-state index >= 15 is 0 Å². The summed E-state index contributed by atoms with van der Waals surface area (Å²) >= 11 is 0. The molecule has 3 heterocycles. The van der Waals surface area contributed by atoms with Gasteiger partial charge in [0.05, 0.1) is 30.7 Å². The molecule has 1 aliphatic heterocycles. The van der Waals surface area contributed by atoms with Crippen molar-refractivity contribution in [2.75, 3.05) is 18.0 Å². The molecule has 1 fully saturated rings. The van der Waals surface area contributed by atoms with Crippen LogP contribution >= 0.6 is 0 Å². The van der Waals surface area contributed by atoms with Crippen LogP contribution in [0.25, 0.3) is 0 Å². The van der Waals surface area contributed by atoms with Crippen molar-refractivity contribution in [1.82, 2.24) is 30.2 Å². The van der Waals surface area contributed by atoms with Gasteiger partial charge in [0.15, 0.2) is 0 Å². The molecule has 8 heteroatoms. The van der Waals surface area contributed by atoms with Gasteiger partial charge in [0.25, 0.3) is 0 Å². The van der Waals surface area contributed by atoms with E-state index in [4.69, 9.17) is 0 Å². The number of aromatic nitrogens is 6. The van der Waals surface area contributed by atoms with E-state index in [1.807, 2.05) is 4.90 Å². The van der Waals surface area contributed by atoms with Crippen molar-refractivity contribution >= 4 is 5.95 Å². The molecule has 0 aromatic carbocycles. The fraction of sp³-hybridized carbons (Fsp3) is 0.643. The van der Waals surface area contributed by atoms with Crippen molar-refractivity contribution < 1.29 is 5.11 Å². The molecule has 0 bridgehead atoms. The van der Waals surface area contributed by atoms with Gasteiger partial charge in [-0.2, -0.15) is 5.10 Å². The molecule has 118 valence electrons. The molecular formula is C14H21N7O. The topological polar surface area (TPSA) is 92.8 Å². The average molecular weight is 303 g/mol. The Morgan fingerprint density at radius 2 is 2.05 bits per heavy atom. The van der Waals surface area contributed by atoms with Crippen LogP contribution in [0.2, 0.25) is 0 Å². The average Bonchev–Trinajstić information content (AvgIpc) is 3.16. The fourth-order valence-electron chi connectivity index (χ4n) is 2.84. The predicted molar refractivity (Wildman–Crippen MR) is 80.4 cm³/mol. The lowest BCUT2D eigenvalue weighted by Crippen LogP contribution is -2.38. The summed E-state index contributed by atoms with van der Waals surface area (Å²) in [7, 11) is 0. The second-order valence-electron chi connectivity index (χ2n) is 5.71. The molecule has 1 atom stereocenters. The minimum absolute atomic E-state index is 0.421. The Morgan fingerprint density at radius 1 is 1.23 bits per heavy atom. The van der Waals surface area contributed by atoms with Gasteiger partial charge < -0.3 is 10.0 Å². The molecule has 0 radical (unpaired) electrons. The van der Waals surface area contributed by atoms with Gasteiger partial charge in [0.2, 0.25) is 5.95 Å². The Bertz CT molecular complexity index is 630. The van der Waals surface area contributed by atoms with E-state index < -0.39 is 5.60 Å². The maximum atomic E-state index is 10.7. The summed E-state index contributed by atoms with van der Waals surface area (Å²) in [5, 5.41) is 26.9. The largest absolute Gasteiger partial charge is 0.386 e. The molecule has 8 nitrogen and oxygen atoms in total. The highest BCUT2D eigenvalue weighted by atomic mass is 16.3. The van der Waals surface area contributed by atoms with Crippen molar-refractivity contribution in [1.29, 1.82) is 0 Å². The molecule has 1 N–H and O–H groups in total. The van der Waals surface area contributed by atoms with Gasteiger partial charge in [-0.1, -0.05) is 19.1 Å². The van der Waals surface area contributed by atoms with Crippen LogP contribution in [0.15, 0.2) is 12.4 Å². The van der Waals surface area contributed by atoms with Gasteiger partial charge in [0, 0.05) is 12.7 Å². The predicted octanol–water partition coefficient (Wildman–Crippen LogP) is 0.229. The summed E-state index contributed by atoms with van der Waals surface area (Å²) in [6, 6.07) is 0. The summed E-state index contributed by atoms with van der Waals surface area (Å²) in [4.78, 5) is 6.60. The van der Waals surface area contributed by atoms with E-state index in [9.17, 15) is 5.11 Å². The van der Waals surface area contributed by atoms with Gasteiger partial charge in [0.1, 0.15) is 5.60 Å². The summed E-state index contributed by atoms with van der Waals surface area (Å²) < 4.78 is 1.65. The van der Waals surface area contributed by atoms with Crippen LogP contribution in [0.1, 0.15) is 31.7 Å². The summed E-state index contributed by atoms with van der Waals surface area (Å²) in [6.07, 6.45) is 5.68. The van der Waals surface area contributed by atoms with Crippen LogP contribution in [-0.4, -0.2) is 54.0 Å². The SMILES string of the molecule is CCc1nnc(N2CCC(O)(Cn3ccnn3)C2)nc1CC. The minimum Gasteiger partial charge on any atom is -0.386 e. The number of aryl methyl sites for hydroxylation is 2.